The van der Waals surface area contributed by atoms with E-state index in [1.54, 1.807) is 0 Å². The number of carbonyl (C=O) groups excluding carboxylic acids is 2. The average Bonchev–Trinajstić information content (AvgIpc) is 2.84. The second-order valence-corrected chi connectivity index (χ2v) is 4.18. The summed E-state index contributed by atoms with van der Waals surface area (Å²) in [7, 11) is 0. The third kappa shape index (κ3) is 2.56. The van der Waals surface area contributed by atoms with Crippen molar-refractivity contribution in [2.45, 2.75) is 38.2 Å². The Morgan fingerprint density at radius 1 is 1.40 bits per heavy atom. The van der Waals surface area contributed by atoms with Gasteiger partial charge < -0.3 is 9.47 Å². The van der Waals surface area contributed by atoms with Crippen molar-refractivity contribution in [2.24, 2.45) is 5.92 Å². The minimum atomic E-state index is -0.494. The van der Waals surface area contributed by atoms with Crippen LogP contribution in [0.3, 0.4) is 0 Å². The standard InChI is InChI=1S/C11H16O4/c12-10-5-1-4-9(10)11(13)15-7-8-3-2-6-14-8/h8-9H,1-7H2. The zero-order valence-electron chi connectivity index (χ0n) is 8.74. The van der Waals surface area contributed by atoms with Gasteiger partial charge in [0.25, 0.3) is 0 Å². The van der Waals surface area contributed by atoms with E-state index in [4.69, 9.17) is 9.47 Å². The summed E-state index contributed by atoms with van der Waals surface area (Å²) < 4.78 is 10.4. The number of ketones is 1. The summed E-state index contributed by atoms with van der Waals surface area (Å²) in [6.07, 6.45) is 4.03. The molecular formula is C11H16O4. The summed E-state index contributed by atoms with van der Waals surface area (Å²) >= 11 is 0. The Kier molecular flexibility index (Phi) is 3.36. The fourth-order valence-electron chi connectivity index (χ4n) is 2.12. The maximum Gasteiger partial charge on any atom is 0.316 e. The molecule has 1 saturated carbocycles. The van der Waals surface area contributed by atoms with E-state index in [0.717, 1.165) is 25.9 Å². The van der Waals surface area contributed by atoms with Crippen molar-refractivity contribution in [1.82, 2.24) is 0 Å². The number of Topliss-reactive ketones (excluding diaryl/α,β-unsaturated/α-hetero) is 1. The zero-order valence-corrected chi connectivity index (χ0v) is 8.74. The fourth-order valence-corrected chi connectivity index (χ4v) is 2.12. The topological polar surface area (TPSA) is 52.6 Å². The molecule has 0 radical (unpaired) electrons. The molecule has 1 aliphatic carbocycles. The van der Waals surface area contributed by atoms with Gasteiger partial charge in [-0.1, -0.05) is 0 Å². The fraction of sp³-hybridized carbons (Fsp3) is 0.818. The van der Waals surface area contributed by atoms with Gasteiger partial charge in [0.05, 0.1) is 6.10 Å². The number of rotatable bonds is 3. The van der Waals surface area contributed by atoms with Crippen molar-refractivity contribution in [3.05, 3.63) is 0 Å². The van der Waals surface area contributed by atoms with Crippen LogP contribution in [-0.4, -0.2) is 31.1 Å². The maximum atomic E-state index is 11.5. The molecule has 0 aromatic carbocycles. The van der Waals surface area contributed by atoms with Crippen LogP contribution in [-0.2, 0) is 19.1 Å². The Labute approximate surface area is 88.9 Å². The van der Waals surface area contributed by atoms with Gasteiger partial charge in [0.15, 0.2) is 0 Å². The molecule has 1 aliphatic heterocycles. The predicted octanol–water partition coefficient (Wildman–Crippen LogP) is 1.08. The molecule has 0 N–H and O–H groups in total. The first-order valence-corrected chi connectivity index (χ1v) is 5.58. The quantitative estimate of drug-likeness (QED) is 0.519. The van der Waals surface area contributed by atoms with Crippen LogP contribution >= 0.6 is 0 Å². The minimum Gasteiger partial charge on any atom is -0.462 e. The van der Waals surface area contributed by atoms with E-state index in [9.17, 15) is 9.59 Å². The smallest absolute Gasteiger partial charge is 0.316 e. The molecule has 0 amide bonds. The van der Waals surface area contributed by atoms with Crippen molar-refractivity contribution in [3.63, 3.8) is 0 Å². The van der Waals surface area contributed by atoms with E-state index in [-0.39, 0.29) is 17.9 Å². The first-order valence-electron chi connectivity index (χ1n) is 5.58. The number of hydrogen-bond acceptors (Lipinski definition) is 4. The third-order valence-corrected chi connectivity index (χ3v) is 3.02. The van der Waals surface area contributed by atoms with E-state index in [1.165, 1.54) is 0 Å². The molecule has 84 valence electrons. The molecule has 15 heavy (non-hydrogen) atoms. The second-order valence-electron chi connectivity index (χ2n) is 4.18. The van der Waals surface area contributed by atoms with Gasteiger partial charge >= 0.3 is 5.97 Å². The third-order valence-electron chi connectivity index (χ3n) is 3.02. The molecule has 0 spiro atoms. The first-order chi connectivity index (χ1) is 7.27. The molecule has 2 aliphatic rings. The van der Waals surface area contributed by atoms with Crippen molar-refractivity contribution in [3.8, 4) is 0 Å². The molecule has 2 atom stereocenters. The van der Waals surface area contributed by atoms with Crippen LogP contribution in [0.15, 0.2) is 0 Å². The first kappa shape index (κ1) is 10.6. The Morgan fingerprint density at radius 2 is 2.27 bits per heavy atom. The molecular weight excluding hydrogens is 196 g/mol. The normalized spacial score (nSPS) is 30.8. The van der Waals surface area contributed by atoms with Crippen LogP contribution in [0.25, 0.3) is 0 Å². The van der Waals surface area contributed by atoms with Crippen LogP contribution in [0.5, 0.6) is 0 Å². The van der Waals surface area contributed by atoms with Gasteiger partial charge in [0, 0.05) is 13.0 Å². The lowest BCUT2D eigenvalue weighted by atomic mass is 10.1. The molecule has 2 fully saturated rings. The van der Waals surface area contributed by atoms with E-state index >= 15 is 0 Å². The summed E-state index contributed by atoms with van der Waals surface area (Å²) in [4.78, 5) is 22.8. The van der Waals surface area contributed by atoms with E-state index in [0.29, 0.717) is 19.4 Å². The minimum absolute atomic E-state index is 0.0346. The van der Waals surface area contributed by atoms with Crippen molar-refractivity contribution >= 4 is 11.8 Å². The largest absolute Gasteiger partial charge is 0.462 e. The Hall–Kier alpha value is -0.900. The summed E-state index contributed by atoms with van der Waals surface area (Å²) in [5.41, 5.74) is 0. The van der Waals surface area contributed by atoms with Crippen LogP contribution in [0, 0.1) is 5.92 Å². The van der Waals surface area contributed by atoms with Crippen molar-refractivity contribution in [1.29, 1.82) is 0 Å². The second kappa shape index (κ2) is 4.75. The zero-order chi connectivity index (χ0) is 10.7. The molecule has 0 aromatic rings. The van der Waals surface area contributed by atoms with Crippen LogP contribution in [0.4, 0.5) is 0 Å². The Bertz CT molecular complexity index is 255. The number of ether oxygens (including phenoxy) is 2. The van der Waals surface area contributed by atoms with Crippen molar-refractivity contribution < 1.29 is 19.1 Å². The summed E-state index contributed by atoms with van der Waals surface area (Å²) in [5.74, 6) is -0.813. The average molecular weight is 212 g/mol. The SMILES string of the molecule is O=C1CCCC1C(=O)OCC1CCCO1. The van der Waals surface area contributed by atoms with Gasteiger partial charge in [0.2, 0.25) is 0 Å². The molecule has 2 rings (SSSR count). The highest BCUT2D eigenvalue weighted by Gasteiger charge is 2.32. The molecule has 1 saturated heterocycles. The lowest BCUT2D eigenvalue weighted by Gasteiger charge is -2.12. The van der Waals surface area contributed by atoms with Crippen LogP contribution < -0.4 is 0 Å². The van der Waals surface area contributed by atoms with Gasteiger partial charge in [-0.3, -0.25) is 9.59 Å². The van der Waals surface area contributed by atoms with Gasteiger partial charge in [-0.15, -0.1) is 0 Å². The summed E-state index contributed by atoms with van der Waals surface area (Å²) in [6.45, 7) is 1.06. The van der Waals surface area contributed by atoms with Crippen molar-refractivity contribution in [2.75, 3.05) is 13.2 Å². The van der Waals surface area contributed by atoms with E-state index < -0.39 is 5.92 Å². The number of esters is 1. The highest BCUT2D eigenvalue weighted by molar-refractivity contribution is 6.00. The van der Waals surface area contributed by atoms with Gasteiger partial charge in [-0.25, -0.2) is 0 Å². The van der Waals surface area contributed by atoms with Crippen LogP contribution in [0.2, 0.25) is 0 Å². The molecule has 4 nitrogen and oxygen atoms in total. The highest BCUT2D eigenvalue weighted by Crippen LogP contribution is 2.23. The molecule has 1 heterocycles. The number of carbonyl (C=O) groups is 2. The lowest BCUT2D eigenvalue weighted by Crippen LogP contribution is -2.25. The van der Waals surface area contributed by atoms with Gasteiger partial charge in [-0.05, 0) is 25.7 Å². The molecule has 0 bridgehead atoms. The van der Waals surface area contributed by atoms with Crippen LogP contribution in [0.1, 0.15) is 32.1 Å². The molecule has 0 aromatic heterocycles. The van der Waals surface area contributed by atoms with E-state index in [2.05, 4.69) is 0 Å². The van der Waals surface area contributed by atoms with Gasteiger partial charge in [0.1, 0.15) is 18.3 Å². The summed E-state index contributed by atoms with van der Waals surface area (Å²) in [5, 5.41) is 0. The number of hydrogen-bond donors (Lipinski definition) is 0. The van der Waals surface area contributed by atoms with E-state index in [1.807, 2.05) is 0 Å². The predicted molar refractivity (Wildman–Crippen MR) is 52.3 cm³/mol. The maximum absolute atomic E-state index is 11.5. The Morgan fingerprint density at radius 3 is 2.87 bits per heavy atom. The molecule has 4 heteroatoms. The Balaban J connectivity index is 1.74. The summed E-state index contributed by atoms with van der Waals surface area (Å²) in [6, 6.07) is 0. The molecule has 2 unspecified atom stereocenters. The van der Waals surface area contributed by atoms with Gasteiger partial charge in [-0.2, -0.15) is 0 Å². The highest BCUT2D eigenvalue weighted by atomic mass is 16.6. The lowest BCUT2D eigenvalue weighted by molar-refractivity contribution is -0.153. The monoisotopic (exact) mass is 212 g/mol.